The minimum absolute atomic E-state index is 0.330. The first-order valence-electron chi connectivity index (χ1n) is 3.63. The van der Waals surface area contributed by atoms with Crippen LogP contribution >= 0.6 is 0 Å². The van der Waals surface area contributed by atoms with E-state index in [9.17, 15) is 8.42 Å². The fourth-order valence-electron chi connectivity index (χ4n) is 0.885. The predicted octanol–water partition coefficient (Wildman–Crippen LogP) is 0.248. The molecule has 0 aromatic rings. The van der Waals surface area contributed by atoms with Crippen LogP contribution < -0.4 is 0 Å². The summed E-state index contributed by atoms with van der Waals surface area (Å²) in [6.45, 7) is 1.79. The normalized spacial score (nSPS) is 16.1. The number of rotatable bonds is 4. The van der Waals surface area contributed by atoms with Crippen molar-refractivity contribution < 1.29 is 21.6 Å². The van der Waals surface area contributed by atoms with E-state index in [2.05, 4.69) is 4.18 Å². The van der Waals surface area contributed by atoms with Crippen LogP contribution in [0.2, 0.25) is 0 Å². The zero-order chi connectivity index (χ0) is 9.99. The Morgan fingerprint density at radius 3 is 1.92 bits per heavy atom. The Kier molecular flexibility index (Phi) is 3.64. The smallest absolute Gasteiger partial charge is 0.305 e. The monoisotopic (exact) mass is 198 g/mol. The largest absolute Gasteiger partial charge is 0.402 e. The van der Waals surface area contributed by atoms with Crippen molar-refractivity contribution in [2.45, 2.75) is 19.6 Å². The van der Waals surface area contributed by atoms with Gasteiger partial charge < -0.3 is 4.48 Å². The number of quaternary nitrogens is 1. The van der Waals surface area contributed by atoms with Gasteiger partial charge in [-0.25, -0.2) is 0 Å². The van der Waals surface area contributed by atoms with Gasteiger partial charge in [-0.2, -0.15) is 12.6 Å². The van der Waals surface area contributed by atoms with Gasteiger partial charge in [0, 0.05) is 6.42 Å². The minimum atomic E-state index is -4.33. The van der Waals surface area contributed by atoms with Crippen molar-refractivity contribution in [3.05, 3.63) is 0 Å². The molecule has 12 heavy (non-hydrogen) atoms. The van der Waals surface area contributed by atoms with E-state index >= 15 is 0 Å². The molecule has 0 aromatic heterocycles. The second kappa shape index (κ2) is 3.69. The Balaban J connectivity index is 4.41. The second-order valence-corrected chi connectivity index (χ2v) is 4.55. The summed E-state index contributed by atoms with van der Waals surface area (Å²) in [6, 6.07) is 0. The van der Waals surface area contributed by atoms with Gasteiger partial charge in [0.1, 0.15) is 0 Å². The van der Waals surface area contributed by atoms with Gasteiger partial charge in [0.2, 0.25) is 6.23 Å². The van der Waals surface area contributed by atoms with Crippen molar-refractivity contribution in [1.82, 2.24) is 0 Å². The molecule has 0 aliphatic heterocycles. The quantitative estimate of drug-likeness (QED) is 0.399. The molecule has 6 heteroatoms. The van der Waals surface area contributed by atoms with E-state index in [-0.39, 0.29) is 0 Å². The predicted molar refractivity (Wildman–Crippen MR) is 44.7 cm³/mol. The van der Waals surface area contributed by atoms with E-state index < -0.39 is 16.6 Å². The molecule has 0 spiro atoms. The highest BCUT2D eigenvalue weighted by atomic mass is 32.3. The first-order valence-corrected chi connectivity index (χ1v) is 5.00. The molecule has 0 amide bonds. The van der Waals surface area contributed by atoms with Gasteiger partial charge in [0.05, 0.1) is 21.1 Å². The summed E-state index contributed by atoms with van der Waals surface area (Å²) in [7, 11) is 1.04. The van der Waals surface area contributed by atoms with Gasteiger partial charge in [0.15, 0.2) is 0 Å². The number of hydrogen-bond acceptors (Lipinski definition) is 3. The van der Waals surface area contributed by atoms with E-state index in [0.29, 0.717) is 10.9 Å². The Morgan fingerprint density at radius 2 is 1.83 bits per heavy atom. The van der Waals surface area contributed by atoms with Crippen molar-refractivity contribution in [2.24, 2.45) is 0 Å². The third-order valence-corrected chi connectivity index (χ3v) is 1.91. The van der Waals surface area contributed by atoms with Crippen molar-refractivity contribution in [1.29, 1.82) is 0 Å². The zero-order valence-electron chi connectivity index (χ0n) is 7.81. The molecule has 74 valence electrons. The van der Waals surface area contributed by atoms with Crippen molar-refractivity contribution >= 4 is 10.4 Å². The molecule has 0 saturated heterocycles. The minimum Gasteiger partial charge on any atom is -0.305 e. The van der Waals surface area contributed by atoms with Crippen molar-refractivity contribution in [3.63, 3.8) is 0 Å². The molecule has 0 fully saturated rings. The maximum Gasteiger partial charge on any atom is 0.402 e. The lowest BCUT2D eigenvalue weighted by molar-refractivity contribution is -0.915. The molecular formula is C6H16NO4S+. The van der Waals surface area contributed by atoms with Crippen LogP contribution in [0.1, 0.15) is 13.3 Å². The molecule has 0 rings (SSSR count). The maximum absolute atomic E-state index is 10.4. The van der Waals surface area contributed by atoms with Gasteiger partial charge in [-0.15, -0.1) is 0 Å². The summed E-state index contributed by atoms with van der Waals surface area (Å²) in [5.41, 5.74) is 0. The number of nitrogens with zero attached hydrogens (tertiary/aromatic N) is 1. The molecule has 1 atom stereocenters. The molecular weight excluding hydrogens is 182 g/mol. The Hall–Kier alpha value is -0.170. The average molecular weight is 198 g/mol. The molecule has 0 heterocycles. The summed E-state index contributed by atoms with van der Waals surface area (Å²) < 4.78 is 33.9. The van der Waals surface area contributed by atoms with Crippen LogP contribution in [0, 0.1) is 0 Å². The first-order chi connectivity index (χ1) is 5.17. The molecule has 0 radical (unpaired) electrons. The topological polar surface area (TPSA) is 63.6 Å². The Bertz CT molecular complexity index is 228. The Labute approximate surface area is 73.5 Å². The van der Waals surface area contributed by atoms with Crippen LogP contribution in [0.4, 0.5) is 0 Å². The summed E-state index contributed by atoms with van der Waals surface area (Å²) in [4.78, 5) is 0. The maximum atomic E-state index is 10.4. The lowest BCUT2D eigenvalue weighted by Crippen LogP contribution is -2.47. The first kappa shape index (κ1) is 11.8. The summed E-state index contributed by atoms with van der Waals surface area (Å²) in [5.74, 6) is 0. The van der Waals surface area contributed by atoms with Crippen LogP contribution in [0.15, 0.2) is 0 Å². The molecule has 0 aromatic carbocycles. The van der Waals surface area contributed by atoms with E-state index in [1.807, 2.05) is 0 Å². The number of hydrogen-bond donors (Lipinski definition) is 1. The van der Waals surface area contributed by atoms with Crippen LogP contribution in [-0.2, 0) is 14.6 Å². The van der Waals surface area contributed by atoms with Gasteiger partial charge >= 0.3 is 10.4 Å². The highest BCUT2D eigenvalue weighted by Gasteiger charge is 2.27. The van der Waals surface area contributed by atoms with E-state index in [0.717, 1.165) is 0 Å². The third-order valence-electron chi connectivity index (χ3n) is 1.45. The molecule has 1 N–H and O–H groups in total. The summed E-state index contributed by atoms with van der Waals surface area (Å²) >= 11 is 0. The third kappa shape index (κ3) is 4.66. The fraction of sp³-hybridized carbons (Fsp3) is 1.00. The highest BCUT2D eigenvalue weighted by Crippen LogP contribution is 2.10. The molecule has 0 aliphatic rings. The van der Waals surface area contributed by atoms with Gasteiger partial charge in [0.25, 0.3) is 0 Å². The molecule has 0 aliphatic carbocycles. The zero-order valence-corrected chi connectivity index (χ0v) is 8.63. The van der Waals surface area contributed by atoms with E-state index in [1.165, 1.54) is 0 Å². The average Bonchev–Trinajstić information content (AvgIpc) is 1.78. The van der Waals surface area contributed by atoms with Crippen molar-refractivity contribution in [3.8, 4) is 0 Å². The van der Waals surface area contributed by atoms with Crippen LogP contribution in [0.5, 0.6) is 0 Å². The Morgan fingerprint density at radius 1 is 1.42 bits per heavy atom. The lowest BCUT2D eigenvalue weighted by atomic mass is 10.4. The molecule has 5 nitrogen and oxygen atoms in total. The van der Waals surface area contributed by atoms with Gasteiger partial charge in [-0.1, -0.05) is 6.92 Å². The summed E-state index contributed by atoms with van der Waals surface area (Å²) in [5, 5.41) is 0. The van der Waals surface area contributed by atoms with Gasteiger partial charge in [-0.05, 0) is 0 Å². The fourth-order valence-corrected chi connectivity index (χ4v) is 1.56. The van der Waals surface area contributed by atoms with Crippen LogP contribution in [-0.4, -0.2) is 44.8 Å². The summed E-state index contributed by atoms with van der Waals surface area (Å²) in [6.07, 6.45) is -0.0245. The van der Waals surface area contributed by atoms with Crippen molar-refractivity contribution in [2.75, 3.05) is 21.1 Å². The molecule has 0 unspecified atom stereocenters. The highest BCUT2D eigenvalue weighted by molar-refractivity contribution is 7.80. The van der Waals surface area contributed by atoms with E-state index in [1.54, 1.807) is 28.1 Å². The molecule has 0 saturated carbocycles. The lowest BCUT2D eigenvalue weighted by Gasteiger charge is -2.31. The molecule has 0 bridgehead atoms. The second-order valence-electron chi connectivity index (χ2n) is 3.50. The van der Waals surface area contributed by atoms with Crippen LogP contribution in [0.3, 0.4) is 0 Å². The van der Waals surface area contributed by atoms with Gasteiger partial charge in [-0.3, -0.25) is 4.55 Å². The van der Waals surface area contributed by atoms with Crippen LogP contribution in [0.25, 0.3) is 0 Å². The standard InChI is InChI=1S/C6H15NO4S/c1-5-6(7(2,3)4)11-12(8,9)10/h6H,5H2,1-4H3/p+1/t6-/m0/s1. The van der Waals surface area contributed by atoms with E-state index in [4.69, 9.17) is 4.55 Å². The SMILES string of the molecule is CC[C@H](OS(=O)(=O)O)[N+](C)(C)C.